The second-order valence-corrected chi connectivity index (χ2v) is 16.0. The van der Waals surface area contributed by atoms with Gasteiger partial charge < -0.3 is 5.32 Å². The van der Waals surface area contributed by atoms with Crippen LogP contribution < -0.4 is 21.2 Å². The second kappa shape index (κ2) is 12.6. The topological polar surface area (TPSA) is 52.2 Å². The van der Waals surface area contributed by atoms with Crippen LogP contribution in [0.1, 0.15) is 66.2 Å². The molecule has 1 aliphatic rings. The van der Waals surface area contributed by atoms with E-state index in [1.807, 2.05) is 45.9 Å². The average molecular weight is 585 g/mol. The summed E-state index contributed by atoms with van der Waals surface area (Å²) in [5, 5.41) is 19.1. The van der Waals surface area contributed by atoms with Crippen LogP contribution >= 0.6 is 7.26 Å². The Balaban J connectivity index is 1.49. The molecule has 0 unspecified atom stereocenters. The van der Waals surface area contributed by atoms with Crippen LogP contribution in [0.3, 0.4) is 0 Å². The van der Waals surface area contributed by atoms with Crippen LogP contribution in [0.4, 0.5) is 13.2 Å². The number of carbonyl (C=O) groups excluding carboxylic acids is 1. The van der Waals surface area contributed by atoms with Crippen molar-refractivity contribution in [2.45, 2.75) is 83.3 Å². The number of hydrogen-bond donors (Lipinski definition) is 1. The van der Waals surface area contributed by atoms with E-state index < -0.39 is 35.8 Å². The van der Waals surface area contributed by atoms with Crippen LogP contribution in [-0.4, -0.2) is 34.3 Å². The Kier molecular flexibility index (Phi) is 9.63. The van der Waals surface area contributed by atoms with Crippen LogP contribution in [0, 0.1) is 17.5 Å². The largest absolute Gasteiger partial charge is 0.353 e. The molecular weight excluding hydrogens is 544 g/mol. The summed E-state index contributed by atoms with van der Waals surface area (Å²) in [4.78, 5) is 12.8. The molecule has 4 rings (SSSR count). The molecule has 1 heterocycles. The molecule has 3 aromatic carbocycles. The molecular formula is C33H40F3N2O2P+. The Morgan fingerprint density at radius 3 is 1.63 bits per heavy atom. The summed E-state index contributed by atoms with van der Waals surface area (Å²) in [6, 6.07) is 18.9. The van der Waals surface area contributed by atoms with Crippen LogP contribution in [-0.2, 0) is 10.0 Å². The number of hydrogen-bond acceptors (Lipinski definition) is 2. The summed E-state index contributed by atoms with van der Waals surface area (Å²) in [6.07, 6.45) is 4.18. The fourth-order valence-electron chi connectivity index (χ4n) is 6.45. The highest BCUT2D eigenvalue weighted by molar-refractivity contribution is 7.95. The van der Waals surface area contributed by atoms with E-state index in [9.17, 15) is 23.2 Å². The minimum atomic E-state index is -2.62. The van der Waals surface area contributed by atoms with Crippen molar-refractivity contribution in [1.82, 2.24) is 10.4 Å². The smallest absolute Gasteiger partial charge is 0.220 e. The van der Waals surface area contributed by atoms with Gasteiger partial charge >= 0.3 is 0 Å². The van der Waals surface area contributed by atoms with E-state index in [-0.39, 0.29) is 11.9 Å². The summed E-state index contributed by atoms with van der Waals surface area (Å²) >= 11 is 0. The molecule has 4 nitrogen and oxygen atoms in total. The van der Waals surface area contributed by atoms with Crippen molar-refractivity contribution in [3.05, 3.63) is 90.2 Å². The van der Waals surface area contributed by atoms with E-state index in [0.717, 1.165) is 27.4 Å². The molecule has 1 N–H and O–H groups in total. The maximum Gasteiger partial charge on any atom is 0.220 e. The van der Waals surface area contributed by atoms with Crippen molar-refractivity contribution < 1.29 is 23.2 Å². The van der Waals surface area contributed by atoms with E-state index in [2.05, 4.69) is 5.32 Å². The minimum Gasteiger partial charge on any atom is -0.353 e. The SMILES string of the molecule is CC1(C)CC(NC(=O)CCCCC[P+](c2cccc(F)c2)(c2cccc(F)c2)c2cccc(F)c2)CC(C)(C)N1[O]. The first kappa shape index (κ1) is 31.2. The molecule has 1 saturated heterocycles. The molecule has 8 heteroatoms. The Morgan fingerprint density at radius 1 is 0.780 bits per heavy atom. The number of halogens is 3. The van der Waals surface area contributed by atoms with Gasteiger partial charge in [-0.25, -0.2) is 13.2 Å². The van der Waals surface area contributed by atoms with Gasteiger partial charge in [0.2, 0.25) is 5.91 Å². The number of piperidine rings is 1. The lowest BCUT2D eigenvalue weighted by Crippen LogP contribution is -2.62. The molecule has 0 atom stereocenters. The third-order valence-electron chi connectivity index (χ3n) is 8.10. The van der Waals surface area contributed by atoms with Gasteiger partial charge in [-0.1, -0.05) is 18.2 Å². The van der Waals surface area contributed by atoms with Crippen molar-refractivity contribution in [1.29, 1.82) is 0 Å². The maximum absolute atomic E-state index is 14.5. The molecule has 3 aromatic rings. The fraction of sp³-hybridized carbons (Fsp3) is 0.424. The van der Waals surface area contributed by atoms with Gasteiger partial charge in [0.25, 0.3) is 0 Å². The molecule has 41 heavy (non-hydrogen) atoms. The summed E-state index contributed by atoms with van der Waals surface area (Å²) in [7, 11) is -2.62. The lowest BCUT2D eigenvalue weighted by atomic mass is 9.79. The molecule has 0 aliphatic carbocycles. The van der Waals surface area contributed by atoms with E-state index in [1.165, 1.54) is 36.4 Å². The zero-order valence-electron chi connectivity index (χ0n) is 24.3. The van der Waals surface area contributed by atoms with Gasteiger partial charge in [0.15, 0.2) is 0 Å². The Labute approximate surface area is 242 Å². The second-order valence-electron chi connectivity index (χ2n) is 12.4. The zero-order chi connectivity index (χ0) is 29.8. The van der Waals surface area contributed by atoms with Crippen molar-refractivity contribution in [3.63, 3.8) is 0 Å². The quantitative estimate of drug-likeness (QED) is 0.220. The van der Waals surface area contributed by atoms with Gasteiger partial charge in [-0.2, -0.15) is 0 Å². The number of unbranched alkanes of at least 4 members (excludes halogenated alkanes) is 2. The van der Waals surface area contributed by atoms with Crippen LogP contribution in [0.15, 0.2) is 72.8 Å². The summed E-state index contributed by atoms with van der Waals surface area (Å²) in [6.45, 7) is 7.63. The third kappa shape index (κ3) is 7.20. The number of nitrogens with zero attached hydrogens (tertiary/aromatic N) is 1. The molecule has 1 amide bonds. The predicted molar refractivity (Wildman–Crippen MR) is 160 cm³/mol. The first-order valence-electron chi connectivity index (χ1n) is 14.3. The Hall–Kier alpha value is -2.73. The molecule has 1 radical (unpaired) electrons. The van der Waals surface area contributed by atoms with Crippen molar-refractivity contribution >= 4 is 29.1 Å². The Bertz CT molecular complexity index is 1230. The molecule has 0 bridgehead atoms. The number of benzene rings is 3. The number of hydroxylamine groups is 2. The molecule has 1 aliphatic heterocycles. The highest BCUT2D eigenvalue weighted by Crippen LogP contribution is 2.56. The summed E-state index contributed by atoms with van der Waals surface area (Å²) in [5.41, 5.74) is -1.12. The van der Waals surface area contributed by atoms with E-state index >= 15 is 0 Å². The van der Waals surface area contributed by atoms with Gasteiger partial charge in [0, 0.05) is 41.7 Å². The van der Waals surface area contributed by atoms with Gasteiger partial charge in [-0.15, -0.1) is 10.3 Å². The first-order valence-corrected chi connectivity index (χ1v) is 16.2. The fourth-order valence-corrected chi connectivity index (χ4v) is 10.9. The monoisotopic (exact) mass is 584 g/mol. The number of nitrogens with one attached hydrogen (secondary N) is 1. The molecule has 1 fully saturated rings. The third-order valence-corrected chi connectivity index (χ3v) is 12.6. The predicted octanol–water partition coefficient (Wildman–Crippen LogP) is 6.44. The zero-order valence-corrected chi connectivity index (χ0v) is 25.2. The highest BCUT2D eigenvalue weighted by Gasteiger charge is 2.47. The highest BCUT2D eigenvalue weighted by atomic mass is 31.2. The summed E-state index contributed by atoms with van der Waals surface area (Å²) in [5.74, 6) is -1.23. The maximum atomic E-state index is 14.5. The normalized spacial score (nSPS) is 17.4. The van der Waals surface area contributed by atoms with Crippen LogP contribution in [0.2, 0.25) is 0 Å². The van der Waals surface area contributed by atoms with E-state index in [4.69, 9.17) is 0 Å². The molecule has 219 valence electrons. The number of amides is 1. The van der Waals surface area contributed by atoms with Crippen LogP contribution in [0.25, 0.3) is 0 Å². The van der Waals surface area contributed by atoms with Crippen molar-refractivity contribution in [3.8, 4) is 0 Å². The van der Waals surface area contributed by atoms with Gasteiger partial charge in [0.1, 0.15) is 40.6 Å². The van der Waals surface area contributed by atoms with Gasteiger partial charge in [-0.05, 0) is 96.2 Å². The molecule has 0 aromatic heterocycles. The standard InChI is InChI=1S/C33H39F3N2O2P/c1-32(2)22-27(23-33(3,4)38(32)40)37-31(39)17-6-5-7-18-41(28-14-8-11-24(34)19-28,29-15-9-12-25(35)20-29)30-16-10-13-26(36)21-30/h8-16,19-21,27H,5-7,17-18,22-23H2,1-4H3/p+1. The van der Waals surface area contributed by atoms with Gasteiger partial charge in [-0.3, -0.25) is 4.79 Å². The van der Waals surface area contributed by atoms with Crippen molar-refractivity contribution in [2.24, 2.45) is 0 Å². The first-order chi connectivity index (χ1) is 19.3. The van der Waals surface area contributed by atoms with E-state index in [1.54, 1.807) is 18.2 Å². The van der Waals surface area contributed by atoms with Gasteiger partial charge in [0.05, 0.1) is 6.16 Å². The van der Waals surface area contributed by atoms with E-state index in [0.29, 0.717) is 38.3 Å². The van der Waals surface area contributed by atoms with Crippen LogP contribution in [0.5, 0.6) is 0 Å². The lowest BCUT2D eigenvalue weighted by molar-refractivity contribution is -0.290. The molecule has 0 spiro atoms. The Morgan fingerprint density at radius 2 is 1.22 bits per heavy atom. The number of rotatable bonds is 10. The number of carbonyl (C=O) groups is 1. The summed E-state index contributed by atoms with van der Waals surface area (Å²) < 4.78 is 43.6. The molecule has 0 saturated carbocycles. The van der Waals surface area contributed by atoms with Crippen molar-refractivity contribution in [2.75, 3.05) is 6.16 Å². The lowest BCUT2D eigenvalue weighted by Gasteiger charge is -2.50. The average Bonchev–Trinajstić information content (AvgIpc) is 2.89. The minimum absolute atomic E-state index is 0.0394.